The Hall–Kier alpha value is -2.91. The lowest BCUT2D eigenvalue weighted by molar-refractivity contribution is -0.138. The number of allylic oxidation sites excluding steroid dienone is 5. The molecule has 2 heterocycles. The summed E-state index contributed by atoms with van der Waals surface area (Å²) in [7, 11) is 0. The highest BCUT2D eigenvalue weighted by Crippen LogP contribution is 2.37. The number of aromatic nitrogens is 2. The van der Waals surface area contributed by atoms with Crippen molar-refractivity contribution in [2.75, 3.05) is 30.3 Å². The monoisotopic (exact) mass is 491 g/mol. The number of hydrogen-bond donors (Lipinski definition) is 3. The van der Waals surface area contributed by atoms with Gasteiger partial charge in [0.05, 0.1) is 11.3 Å². The highest BCUT2D eigenvalue weighted by molar-refractivity contribution is 7.71. The van der Waals surface area contributed by atoms with Gasteiger partial charge >= 0.3 is 6.18 Å². The van der Waals surface area contributed by atoms with E-state index in [0.717, 1.165) is 43.3 Å². The third-order valence-corrected chi connectivity index (χ3v) is 5.54. The number of anilines is 2. The lowest BCUT2D eigenvalue weighted by Gasteiger charge is -2.24. The second-order valence-corrected chi connectivity index (χ2v) is 8.19. The number of nitrogen functional groups attached to an aromatic ring is 1. The van der Waals surface area contributed by atoms with Crippen LogP contribution in [0, 0.1) is 4.64 Å². The van der Waals surface area contributed by atoms with Gasteiger partial charge in [-0.3, -0.25) is 0 Å². The zero-order chi connectivity index (χ0) is 25.1. The molecule has 2 aromatic heterocycles. The van der Waals surface area contributed by atoms with Crippen molar-refractivity contribution in [3.63, 3.8) is 0 Å². The van der Waals surface area contributed by atoms with Gasteiger partial charge < -0.3 is 21.4 Å². The molecule has 9 heteroatoms. The number of nitrogens with two attached hydrogens (primary N) is 2. The number of H-pyrrole nitrogens is 1. The van der Waals surface area contributed by atoms with Crippen LogP contribution in [0.4, 0.5) is 24.8 Å². The summed E-state index contributed by atoms with van der Waals surface area (Å²) in [4.78, 5) is 9.36. The summed E-state index contributed by atoms with van der Waals surface area (Å²) >= 11 is 5.21. The molecular weight excluding hydrogens is 459 g/mol. The maximum absolute atomic E-state index is 13.6. The number of nitrogens with zero attached hydrogens (tertiary/aromatic N) is 2. The van der Waals surface area contributed by atoms with Crippen LogP contribution in [0.5, 0.6) is 0 Å². The fourth-order valence-corrected chi connectivity index (χ4v) is 3.94. The lowest BCUT2D eigenvalue weighted by Crippen LogP contribution is -2.31. The van der Waals surface area contributed by atoms with Crippen LogP contribution < -0.4 is 16.4 Å². The first-order valence-corrected chi connectivity index (χ1v) is 11.6. The Labute approximate surface area is 204 Å². The number of halogens is 3. The number of rotatable bonds is 12. The van der Waals surface area contributed by atoms with E-state index in [1.165, 1.54) is 6.07 Å². The Bertz CT molecular complexity index is 1070. The zero-order valence-corrected chi connectivity index (χ0v) is 20.2. The molecule has 0 aliphatic heterocycles. The van der Waals surface area contributed by atoms with Gasteiger partial charge in [0.2, 0.25) is 0 Å². The molecule has 0 radical (unpaired) electrons. The lowest BCUT2D eigenvalue weighted by atomic mass is 9.93. The fourth-order valence-electron chi connectivity index (χ4n) is 3.76. The predicted octanol–water partition coefficient (Wildman–Crippen LogP) is 6.28. The van der Waals surface area contributed by atoms with Crippen LogP contribution in [0.3, 0.4) is 0 Å². The standard InChI is InChI=1S/C25H32F3N5S/c1-3-9-18(19(4-2)24-20(25(26,27)28)13-14-21(30)31-24)10-6-5-7-16-33(17-15-29)22-11-8-12-23(34)32-22/h3-4,8-9,11-14H,1,5-7,10,15-17,29H2,2H3,(H2,30,31)(H,32,34)/b18-9-,19-4+. The number of nitrogens with one attached hydrogen (secondary N) is 1. The van der Waals surface area contributed by atoms with Gasteiger partial charge in [-0.15, -0.1) is 0 Å². The molecule has 0 aliphatic rings. The summed E-state index contributed by atoms with van der Waals surface area (Å²) in [5, 5.41) is 0. The molecule has 2 rings (SSSR count). The van der Waals surface area contributed by atoms with E-state index in [2.05, 4.69) is 21.4 Å². The minimum absolute atomic E-state index is 0.0419. The first-order valence-electron chi connectivity index (χ1n) is 11.2. The van der Waals surface area contributed by atoms with Gasteiger partial charge in [-0.1, -0.05) is 49.5 Å². The quantitative estimate of drug-likeness (QED) is 0.185. The normalized spacial score (nSPS) is 12.6. The number of unbranched alkanes of at least 4 members (excludes halogenated alkanes) is 2. The average molecular weight is 492 g/mol. The average Bonchev–Trinajstić information content (AvgIpc) is 2.78. The fraction of sp³-hybridized carbons (Fsp3) is 0.360. The highest BCUT2D eigenvalue weighted by atomic mass is 32.1. The molecular formula is C25H32F3N5S. The van der Waals surface area contributed by atoms with Crippen molar-refractivity contribution < 1.29 is 13.2 Å². The van der Waals surface area contributed by atoms with Crippen LogP contribution in [0.2, 0.25) is 0 Å². The van der Waals surface area contributed by atoms with Crippen LogP contribution in [-0.2, 0) is 6.18 Å². The molecule has 0 bridgehead atoms. The Balaban J connectivity index is 2.08. The minimum Gasteiger partial charge on any atom is -0.384 e. The SMILES string of the molecule is C=C/C=C(CCCCCN(CCN)c1cccc(=S)[nH]1)\C(=C/C)c1nc(N)ccc1C(F)(F)F. The summed E-state index contributed by atoms with van der Waals surface area (Å²) in [5.41, 5.74) is 11.7. The molecule has 0 unspecified atom stereocenters. The van der Waals surface area contributed by atoms with Gasteiger partial charge in [-0.2, -0.15) is 13.2 Å². The molecule has 0 aliphatic carbocycles. The first kappa shape index (κ1) is 27.3. The van der Waals surface area contributed by atoms with Gasteiger partial charge in [0.1, 0.15) is 16.3 Å². The second-order valence-electron chi connectivity index (χ2n) is 7.75. The summed E-state index contributed by atoms with van der Waals surface area (Å²) in [6.07, 6.45) is 3.60. The predicted molar refractivity (Wildman–Crippen MR) is 137 cm³/mol. The van der Waals surface area contributed by atoms with Crippen molar-refractivity contribution in [1.29, 1.82) is 0 Å². The molecule has 0 saturated carbocycles. The van der Waals surface area contributed by atoms with Gasteiger partial charge in [0.25, 0.3) is 0 Å². The van der Waals surface area contributed by atoms with E-state index < -0.39 is 11.7 Å². The molecule has 0 fully saturated rings. The summed E-state index contributed by atoms with van der Waals surface area (Å²) in [5.74, 6) is 0.967. The number of alkyl halides is 3. The van der Waals surface area contributed by atoms with Crippen molar-refractivity contribution in [1.82, 2.24) is 9.97 Å². The largest absolute Gasteiger partial charge is 0.418 e. The smallest absolute Gasteiger partial charge is 0.384 e. The van der Waals surface area contributed by atoms with Crippen LogP contribution in [-0.4, -0.2) is 29.6 Å². The van der Waals surface area contributed by atoms with Gasteiger partial charge in [-0.05, 0) is 61.6 Å². The van der Waals surface area contributed by atoms with Crippen molar-refractivity contribution >= 4 is 29.4 Å². The highest BCUT2D eigenvalue weighted by Gasteiger charge is 2.35. The van der Waals surface area contributed by atoms with Crippen molar-refractivity contribution in [3.8, 4) is 0 Å². The molecule has 34 heavy (non-hydrogen) atoms. The van der Waals surface area contributed by atoms with Crippen LogP contribution >= 0.6 is 12.2 Å². The van der Waals surface area contributed by atoms with E-state index in [-0.39, 0.29) is 11.5 Å². The topological polar surface area (TPSA) is 84.0 Å². The van der Waals surface area contributed by atoms with Crippen LogP contribution in [0.25, 0.3) is 5.57 Å². The molecule has 5 nitrogen and oxygen atoms in total. The first-order chi connectivity index (χ1) is 16.2. The molecule has 2 aromatic rings. The van der Waals surface area contributed by atoms with Crippen LogP contribution in [0.1, 0.15) is 43.9 Å². The van der Waals surface area contributed by atoms with E-state index in [9.17, 15) is 13.2 Å². The Morgan fingerprint density at radius 3 is 2.56 bits per heavy atom. The van der Waals surface area contributed by atoms with E-state index in [1.54, 1.807) is 25.2 Å². The van der Waals surface area contributed by atoms with Crippen molar-refractivity contribution in [2.24, 2.45) is 5.73 Å². The van der Waals surface area contributed by atoms with E-state index in [1.807, 2.05) is 18.2 Å². The van der Waals surface area contributed by atoms with E-state index >= 15 is 0 Å². The molecule has 0 amide bonds. The second kappa shape index (κ2) is 13.1. The molecule has 184 valence electrons. The number of aromatic amines is 1. The molecule has 5 N–H and O–H groups in total. The van der Waals surface area contributed by atoms with E-state index in [0.29, 0.717) is 29.7 Å². The zero-order valence-electron chi connectivity index (χ0n) is 19.4. The molecule has 0 aromatic carbocycles. The summed E-state index contributed by atoms with van der Waals surface area (Å²) < 4.78 is 41.5. The molecule has 0 spiro atoms. The van der Waals surface area contributed by atoms with E-state index in [4.69, 9.17) is 23.7 Å². The van der Waals surface area contributed by atoms with Crippen molar-refractivity contribution in [3.05, 3.63) is 76.6 Å². The Kier molecular flexibility index (Phi) is 10.5. The van der Waals surface area contributed by atoms with Crippen molar-refractivity contribution in [2.45, 2.75) is 38.8 Å². The third kappa shape index (κ3) is 7.85. The third-order valence-electron chi connectivity index (χ3n) is 5.30. The summed E-state index contributed by atoms with van der Waals surface area (Å²) in [6, 6.07) is 7.84. The van der Waals surface area contributed by atoms with Crippen LogP contribution in [0.15, 0.2) is 60.7 Å². The Morgan fingerprint density at radius 1 is 1.18 bits per heavy atom. The number of pyridine rings is 2. The maximum atomic E-state index is 13.6. The molecule has 0 saturated heterocycles. The number of hydrogen-bond acceptors (Lipinski definition) is 5. The van der Waals surface area contributed by atoms with Gasteiger partial charge in [0.15, 0.2) is 0 Å². The summed E-state index contributed by atoms with van der Waals surface area (Å²) in [6.45, 7) is 7.43. The Morgan fingerprint density at radius 2 is 1.94 bits per heavy atom. The minimum atomic E-state index is -4.53. The molecule has 0 atom stereocenters. The van der Waals surface area contributed by atoms with Gasteiger partial charge in [0, 0.05) is 19.6 Å². The van der Waals surface area contributed by atoms with Gasteiger partial charge in [-0.25, -0.2) is 4.98 Å². The maximum Gasteiger partial charge on any atom is 0.418 e.